The third-order valence-corrected chi connectivity index (χ3v) is 2.86. The zero-order valence-electron chi connectivity index (χ0n) is 9.75. The van der Waals surface area contributed by atoms with E-state index in [9.17, 15) is 4.79 Å². The number of nitrogens with zero attached hydrogens (tertiary/aromatic N) is 1. The smallest absolute Gasteiger partial charge is 0.330 e. The van der Waals surface area contributed by atoms with Crippen LogP contribution in [0.5, 0.6) is 0 Å². The van der Waals surface area contributed by atoms with Gasteiger partial charge < -0.3 is 9.22 Å². The first-order chi connectivity index (χ1) is 6.44. The highest BCUT2D eigenvalue weighted by molar-refractivity contribution is 5.81. The maximum absolute atomic E-state index is 10.8. The van der Waals surface area contributed by atoms with Crippen LogP contribution in [0.2, 0.25) is 0 Å². The van der Waals surface area contributed by atoms with Gasteiger partial charge >= 0.3 is 5.97 Å². The minimum absolute atomic E-state index is 0.339. The van der Waals surface area contributed by atoms with Gasteiger partial charge in [-0.1, -0.05) is 13.5 Å². The summed E-state index contributed by atoms with van der Waals surface area (Å²) in [6.45, 7) is 9.02. The number of esters is 1. The number of likely N-dealkylation sites (N-methyl/N-ethyl adjacent to an activating group) is 1. The van der Waals surface area contributed by atoms with Gasteiger partial charge in [-0.2, -0.15) is 0 Å². The lowest BCUT2D eigenvalue weighted by Crippen LogP contribution is -2.49. The Hall–Kier alpha value is -0.830. The fourth-order valence-corrected chi connectivity index (χ4v) is 1.16. The minimum atomic E-state index is -0.339. The average molecular weight is 200 g/mol. The highest BCUT2D eigenvalue weighted by atomic mass is 16.5. The van der Waals surface area contributed by atoms with Crippen molar-refractivity contribution in [3.8, 4) is 0 Å². The van der Waals surface area contributed by atoms with Crippen LogP contribution >= 0.6 is 0 Å². The van der Waals surface area contributed by atoms with Crippen LogP contribution in [-0.4, -0.2) is 43.7 Å². The normalized spacial score (nSPS) is 13.4. The van der Waals surface area contributed by atoms with Crippen molar-refractivity contribution in [2.24, 2.45) is 0 Å². The monoisotopic (exact) mass is 200 g/mol. The van der Waals surface area contributed by atoms with E-state index in [4.69, 9.17) is 4.74 Å². The Kier molecular flexibility index (Phi) is 5.46. The third kappa shape index (κ3) is 4.42. The molecule has 0 N–H and O–H groups in total. The van der Waals surface area contributed by atoms with Crippen LogP contribution in [0.1, 0.15) is 20.3 Å². The molecule has 0 aromatic carbocycles. The molecule has 0 fully saturated rings. The summed E-state index contributed by atoms with van der Waals surface area (Å²) in [5.41, 5.74) is 0. The molecule has 1 unspecified atom stereocenters. The molecule has 0 amide bonds. The van der Waals surface area contributed by atoms with Gasteiger partial charge in [0, 0.05) is 6.08 Å². The molecule has 0 spiro atoms. The molecule has 0 aliphatic heterocycles. The lowest BCUT2D eigenvalue weighted by molar-refractivity contribution is -0.913. The zero-order chi connectivity index (χ0) is 11.2. The maximum atomic E-state index is 10.8. The first-order valence-electron chi connectivity index (χ1n) is 5.06. The van der Waals surface area contributed by atoms with Crippen molar-refractivity contribution < 1.29 is 14.0 Å². The highest BCUT2D eigenvalue weighted by Crippen LogP contribution is 2.09. The molecule has 0 aliphatic carbocycles. The maximum Gasteiger partial charge on any atom is 0.330 e. The average Bonchev–Trinajstić information content (AvgIpc) is 2.15. The number of carbonyl (C=O) groups is 1. The third-order valence-electron chi connectivity index (χ3n) is 2.86. The molecular formula is C11H22NO2+. The summed E-state index contributed by atoms with van der Waals surface area (Å²) < 4.78 is 5.82. The molecule has 0 rings (SSSR count). The Labute approximate surface area is 86.9 Å². The Balaban J connectivity index is 3.87. The van der Waals surface area contributed by atoms with Gasteiger partial charge in [0.05, 0.1) is 20.1 Å². The molecule has 0 saturated heterocycles. The number of quaternary nitrogens is 1. The SMILES string of the molecule is C=CC(=O)OCC[N+](C)(C)C(C)CC. The Morgan fingerprint density at radius 1 is 1.57 bits per heavy atom. The van der Waals surface area contributed by atoms with E-state index in [-0.39, 0.29) is 5.97 Å². The van der Waals surface area contributed by atoms with E-state index in [0.717, 1.165) is 17.4 Å². The second-order valence-corrected chi connectivity index (χ2v) is 4.13. The lowest BCUT2D eigenvalue weighted by atomic mass is 10.2. The van der Waals surface area contributed by atoms with Crippen molar-refractivity contribution in [1.29, 1.82) is 0 Å². The number of rotatable bonds is 6. The van der Waals surface area contributed by atoms with Crippen LogP contribution in [0.25, 0.3) is 0 Å². The van der Waals surface area contributed by atoms with Crippen molar-refractivity contribution in [2.75, 3.05) is 27.2 Å². The van der Waals surface area contributed by atoms with Crippen LogP contribution in [0.3, 0.4) is 0 Å². The summed E-state index contributed by atoms with van der Waals surface area (Å²) in [5.74, 6) is -0.339. The summed E-state index contributed by atoms with van der Waals surface area (Å²) in [6.07, 6.45) is 2.33. The molecule has 0 saturated carbocycles. The van der Waals surface area contributed by atoms with E-state index in [1.165, 1.54) is 6.08 Å². The molecule has 0 heterocycles. The van der Waals surface area contributed by atoms with Gasteiger partial charge in [-0.3, -0.25) is 0 Å². The van der Waals surface area contributed by atoms with Crippen LogP contribution < -0.4 is 0 Å². The Bertz CT molecular complexity index is 199. The molecule has 3 heteroatoms. The van der Waals surface area contributed by atoms with Crippen molar-refractivity contribution in [1.82, 2.24) is 0 Å². The molecule has 0 radical (unpaired) electrons. The topological polar surface area (TPSA) is 26.3 Å². The van der Waals surface area contributed by atoms with Crippen molar-refractivity contribution >= 4 is 5.97 Å². The van der Waals surface area contributed by atoms with E-state index < -0.39 is 0 Å². The van der Waals surface area contributed by atoms with Crippen molar-refractivity contribution in [3.63, 3.8) is 0 Å². The molecule has 0 bridgehead atoms. The van der Waals surface area contributed by atoms with Gasteiger partial charge in [-0.15, -0.1) is 0 Å². The van der Waals surface area contributed by atoms with Gasteiger partial charge in [-0.25, -0.2) is 4.79 Å². The molecule has 3 nitrogen and oxygen atoms in total. The van der Waals surface area contributed by atoms with E-state index >= 15 is 0 Å². The zero-order valence-corrected chi connectivity index (χ0v) is 9.75. The van der Waals surface area contributed by atoms with Crippen molar-refractivity contribution in [3.05, 3.63) is 12.7 Å². The molecule has 82 valence electrons. The highest BCUT2D eigenvalue weighted by Gasteiger charge is 2.22. The van der Waals surface area contributed by atoms with E-state index in [1.54, 1.807) is 0 Å². The molecule has 1 atom stereocenters. The lowest BCUT2D eigenvalue weighted by Gasteiger charge is -2.35. The number of hydrogen-bond acceptors (Lipinski definition) is 2. The fourth-order valence-electron chi connectivity index (χ4n) is 1.16. The summed E-state index contributed by atoms with van der Waals surface area (Å²) >= 11 is 0. The largest absolute Gasteiger partial charge is 0.457 e. The van der Waals surface area contributed by atoms with Crippen molar-refractivity contribution in [2.45, 2.75) is 26.3 Å². The van der Waals surface area contributed by atoms with E-state index in [0.29, 0.717) is 12.6 Å². The summed E-state index contributed by atoms with van der Waals surface area (Å²) in [7, 11) is 4.30. The van der Waals surface area contributed by atoms with Gasteiger partial charge in [0.2, 0.25) is 0 Å². The summed E-state index contributed by atoms with van der Waals surface area (Å²) in [5, 5.41) is 0. The molecule has 0 aliphatic rings. The quantitative estimate of drug-likeness (QED) is 0.370. The van der Waals surface area contributed by atoms with Gasteiger partial charge in [0.1, 0.15) is 13.2 Å². The molecule has 0 aromatic heterocycles. The summed E-state index contributed by atoms with van der Waals surface area (Å²) in [6, 6.07) is 0.581. The second-order valence-electron chi connectivity index (χ2n) is 4.13. The fraction of sp³-hybridized carbons (Fsp3) is 0.727. The van der Waals surface area contributed by atoms with Crippen LogP contribution in [-0.2, 0) is 9.53 Å². The number of carbonyl (C=O) groups excluding carboxylic acids is 1. The van der Waals surface area contributed by atoms with Gasteiger partial charge in [0.15, 0.2) is 0 Å². The van der Waals surface area contributed by atoms with Gasteiger partial charge in [-0.05, 0) is 13.3 Å². The first-order valence-corrected chi connectivity index (χ1v) is 5.06. The predicted molar refractivity (Wildman–Crippen MR) is 57.9 cm³/mol. The second kappa shape index (κ2) is 5.81. The molecule has 0 aromatic rings. The molecular weight excluding hydrogens is 178 g/mol. The predicted octanol–water partition coefficient (Wildman–Crippen LogP) is 1.59. The minimum Gasteiger partial charge on any atom is -0.457 e. The first kappa shape index (κ1) is 13.2. The van der Waals surface area contributed by atoms with E-state index in [2.05, 4.69) is 34.5 Å². The van der Waals surface area contributed by atoms with Crippen LogP contribution in [0.15, 0.2) is 12.7 Å². The Morgan fingerprint density at radius 3 is 2.57 bits per heavy atom. The van der Waals surface area contributed by atoms with Gasteiger partial charge in [0.25, 0.3) is 0 Å². The number of hydrogen-bond donors (Lipinski definition) is 0. The molecule has 14 heavy (non-hydrogen) atoms. The van der Waals surface area contributed by atoms with Crippen LogP contribution in [0.4, 0.5) is 0 Å². The van der Waals surface area contributed by atoms with Crippen LogP contribution in [0, 0.1) is 0 Å². The Morgan fingerprint density at radius 2 is 2.14 bits per heavy atom. The standard InChI is InChI=1S/C11H22NO2/c1-6-10(3)12(4,5)8-9-14-11(13)7-2/h7,10H,2,6,8-9H2,1,3-5H3/q+1. The van der Waals surface area contributed by atoms with E-state index in [1.807, 2.05) is 0 Å². The summed E-state index contributed by atoms with van der Waals surface area (Å²) in [4.78, 5) is 10.8. The number of ether oxygens (including phenoxy) is 1.